The predicted molar refractivity (Wildman–Crippen MR) is 93.5 cm³/mol. The standard InChI is InChI=1S/C18H24N2O5/c1-5-8-19-18(23)20-16(21)10-25-17(22)11-24-14-6-7-15(12(2)3)13(4)9-14/h5-7,9,12H,1,8,10-11H2,2-4H3,(H2,19,20,21,23). The molecular weight excluding hydrogens is 324 g/mol. The summed E-state index contributed by atoms with van der Waals surface area (Å²) in [5.41, 5.74) is 2.28. The molecule has 0 aliphatic carbocycles. The first kappa shape index (κ1) is 20.2. The van der Waals surface area contributed by atoms with Gasteiger partial charge in [0, 0.05) is 6.54 Å². The lowest BCUT2D eigenvalue weighted by atomic mass is 9.98. The number of esters is 1. The number of benzene rings is 1. The van der Waals surface area contributed by atoms with E-state index in [0.29, 0.717) is 11.7 Å². The van der Waals surface area contributed by atoms with E-state index in [1.54, 1.807) is 6.07 Å². The van der Waals surface area contributed by atoms with Gasteiger partial charge in [0.1, 0.15) is 5.75 Å². The Balaban J connectivity index is 2.35. The largest absolute Gasteiger partial charge is 0.482 e. The van der Waals surface area contributed by atoms with Crippen LogP contribution in [0.3, 0.4) is 0 Å². The van der Waals surface area contributed by atoms with E-state index in [4.69, 9.17) is 9.47 Å². The first-order valence-corrected chi connectivity index (χ1v) is 7.91. The van der Waals surface area contributed by atoms with Gasteiger partial charge in [-0.3, -0.25) is 10.1 Å². The number of imide groups is 1. The molecule has 0 unspecified atom stereocenters. The summed E-state index contributed by atoms with van der Waals surface area (Å²) in [5, 5.41) is 4.37. The monoisotopic (exact) mass is 348 g/mol. The van der Waals surface area contributed by atoms with Gasteiger partial charge in [0.05, 0.1) is 0 Å². The van der Waals surface area contributed by atoms with Gasteiger partial charge in [0.2, 0.25) is 0 Å². The molecule has 0 aliphatic heterocycles. The molecule has 0 saturated heterocycles. The highest BCUT2D eigenvalue weighted by molar-refractivity contribution is 5.95. The number of ether oxygens (including phenoxy) is 2. The Kier molecular flexibility index (Phi) is 8.18. The van der Waals surface area contributed by atoms with Gasteiger partial charge in [-0.15, -0.1) is 6.58 Å². The minimum Gasteiger partial charge on any atom is -0.482 e. The minimum absolute atomic E-state index is 0.224. The Bertz CT molecular complexity index is 640. The Labute approximate surface area is 147 Å². The molecule has 25 heavy (non-hydrogen) atoms. The van der Waals surface area contributed by atoms with Crippen LogP contribution < -0.4 is 15.4 Å². The van der Waals surface area contributed by atoms with Crippen molar-refractivity contribution in [1.29, 1.82) is 0 Å². The fourth-order valence-corrected chi connectivity index (χ4v) is 2.09. The molecule has 1 rings (SSSR count). The number of hydrogen-bond donors (Lipinski definition) is 2. The molecule has 0 saturated carbocycles. The number of carbonyl (C=O) groups is 3. The molecular formula is C18H24N2O5. The second-order valence-electron chi connectivity index (χ2n) is 5.67. The van der Waals surface area contributed by atoms with E-state index in [-0.39, 0.29) is 13.2 Å². The number of rotatable bonds is 8. The van der Waals surface area contributed by atoms with Crippen molar-refractivity contribution in [2.45, 2.75) is 26.7 Å². The summed E-state index contributed by atoms with van der Waals surface area (Å²) < 4.78 is 10.1. The maximum absolute atomic E-state index is 11.6. The molecule has 0 bridgehead atoms. The molecule has 2 N–H and O–H groups in total. The lowest BCUT2D eigenvalue weighted by Crippen LogP contribution is -2.41. The van der Waals surface area contributed by atoms with Crippen LogP contribution in [-0.4, -0.2) is 37.7 Å². The highest BCUT2D eigenvalue weighted by atomic mass is 16.6. The number of amides is 3. The van der Waals surface area contributed by atoms with Crippen LogP contribution in [0.4, 0.5) is 4.79 Å². The van der Waals surface area contributed by atoms with Crippen LogP contribution in [0.2, 0.25) is 0 Å². The molecule has 0 aromatic heterocycles. The third-order valence-corrected chi connectivity index (χ3v) is 3.24. The van der Waals surface area contributed by atoms with Crippen molar-refractivity contribution in [2.24, 2.45) is 0 Å². The van der Waals surface area contributed by atoms with E-state index in [0.717, 1.165) is 5.56 Å². The third-order valence-electron chi connectivity index (χ3n) is 3.24. The number of aryl methyl sites for hydroxylation is 1. The summed E-state index contributed by atoms with van der Waals surface area (Å²) in [4.78, 5) is 34.2. The van der Waals surface area contributed by atoms with Crippen LogP contribution in [0.15, 0.2) is 30.9 Å². The lowest BCUT2D eigenvalue weighted by molar-refractivity contribution is -0.150. The molecule has 7 nitrogen and oxygen atoms in total. The first-order valence-electron chi connectivity index (χ1n) is 7.91. The van der Waals surface area contributed by atoms with E-state index >= 15 is 0 Å². The first-order chi connectivity index (χ1) is 11.8. The van der Waals surface area contributed by atoms with Crippen LogP contribution in [0.1, 0.15) is 30.9 Å². The Morgan fingerprint density at radius 2 is 1.96 bits per heavy atom. The molecule has 0 heterocycles. The van der Waals surface area contributed by atoms with E-state index in [1.165, 1.54) is 11.6 Å². The van der Waals surface area contributed by atoms with E-state index in [2.05, 4.69) is 25.7 Å². The van der Waals surface area contributed by atoms with Gasteiger partial charge in [-0.1, -0.05) is 26.0 Å². The molecule has 7 heteroatoms. The molecule has 0 aliphatic rings. The van der Waals surface area contributed by atoms with Crippen molar-refractivity contribution in [3.63, 3.8) is 0 Å². The molecule has 0 atom stereocenters. The van der Waals surface area contributed by atoms with Crippen molar-refractivity contribution < 1.29 is 23.9 Å². The van der Waals surface area contributed by atoms with Gasteiger partial charge in [-0.05, 0) is 36.1 Å². The van der Waals surface area contributed by atoms with Crippen molar-refractivity contribution in [3.8, 4) is 5.75 Å². The minimum atomic E-state index is -0.730. The Morgan fingerprint density at radius 1 is 1.24 bits per heavy atom. The van der Waals surface area contributed by atoms with E-state index in [1.807, 2.05) is 24.4 Å². The fourth-order valence-electron chi connectivity index (χ4n) is 2.09. The second kappa shape index (κ2) is 10.1. The highest BCUT2D eigenvalue weighted by Gasteiger charge is 2.11. The quantitative estimate of drug-likeness (QED) is 0.554. The number of hydrogen-bond acceptors (Lipinski definition) is 5. The summed E-state index contributed by atoms with van der Waals surface area (Å²) in [7, 11) is 0. The average Bonchev–Trinajstić information content (AvgIpc) is 2.56. The number of nitrogens with one attached hydrogen (secondary N) is 2. The maximum atomic E-state index is 11.6. The third kappa shape index (κ3) is 7.52. The molecule has 3 amide bonds. The normalized spacial score (nSPS) is 10.1. The van der Waals surface area contributed by atoms with E-state index < -0.39 is 24.5 Å². The highest BCUT2D eigenvalue weighted by Crippen LogP contribution is 2.23. The van der Waals surface area contributed by atoms with E-state index in [9.17, 15) is 14.4 Å². The molecule has 136 valence electrons. The molecule has 0 spiro atoms. The summed E-state index contributed by atoms with van der Waals surface area (Å²) in [6, 6.07) is 4.90. The van der Waals surface area contributed by atoms with Gasteiger partial charge in [0.15, 0.2) is 13.2 Å². The molecule has 0 fully saturated rings. The smallest absolute Gasteiger partial charge is 0.344 e. The van der Waals surface area contributed by atoms with Crippen LogP contribution in [0.5, 0.6) is 5.75 Å². The Hall–Kier alpha value is -2.83. The van der Waals surface area contributed by atoms with Gasteiger partial charge in [-0.25, -0.2) is 9.59 Å². The van der Waals surface area contributed by atoms with Crippen LogP contribution >= 0.6 is 0 Å². The van der Waals surface area contributed by atoms with Gasteiger partial charge >= 0.3 is 12.0 Å². The van der Waals surface area contributed by atoms with Gasteiger partial charge < -0.3 is 14.8 Å². The maximum Gasteiger partial charge on any atom is 0.344 e. The van der Waals surface area contributed by atoms with Crippen molar-refractivity contribution in [3.05, 3.63) is 42.0 Å². The molecule has 1 aromatic rings. The average molecular weight is 348 g/mol. The fraction of sp³-hybridized carbons (Fsp3) is 0.389. The zero-order valence-corrected chi connectivity index (χ0v) is 14.8. The number of urea groups is 1. The molecule has 0 radical (unpaired) electrons. The van der Waals surface area contributed by atoms with Gasteiger partial charge in [0.25, 0.3) is 5.91 Å². The zero-order valence-electron chi connectivity index (χ0n) is 14.8. The summed E-state index contributed by atoms with van der Waals surface area (Å²) in [6.07, 6.45) is 1.47. The lowest BCUT2D eigenvalue weighted by Gasteiger charge is -2.12. The molecule has 1 aromatic carbocycles. The zero-order chi connectivity index (χ0) is 18.8. The Morgan fingerprint density at radius 3 is 2.56 bits per heavy atom. The number of carbonyl (C=O) groups excluding carboxylic acids is 3. The van der Waals surface area contributed by atoms with Crippen LogP contribution in [-0.2, 0) is 14.3 Å². The van der Waals surface area contributed by atoms with Crippen LogP contribution in [0, 0.1) is 6.92 Å². The second-order valence-corrected chi connectivity index (χ2v) is 5.67. The summed E-state index contributed by atoms with van der Waals surface area (Å²) >= 11 is 0. The predicted octanol–water partition coefficient (Wildman–Crippen LogP) is 2.05. The summed E-state index contributed by atoms with van der Waals surface area (Å²) in [5.74, 6) is -0.479. The van der Waals surface area contributed by atoms with Crippen molar-refractivity contribution >= 4 is 17.9 Å². The van der Waals surface area contributed by atoms with Crippen LogP contribution in [0.25, 0.3) is 0 Å². The van der Waals surface area contributed by atoms with Crippen molar-refractivity contribution in [1.82, 2.24) is 10.6 Å². The summed E-state index contributed by atoms with van der Waals surface area (Å²) in [6.45, 7) is 8.94. The topological polar surface area (TPSA) is 93.7 Å². The SMILES string of the molecule is C=CCNC(=O)NC(=O)COC(=O)COc1ccc(C(C)C)c(C)c1. The van der Waals surface area contributed by atoms with Gasteiger partial charge in [-0.2, -0.15) is 0 Å². The van der Waals surface area contributed by atoms with Crippen molar-refractivity contribution in [2.75, 3.05) is 19.8 Å².